The van der Waals surface area contributed by atoms with Crippen molar-refractivity contribution in [3.05, 3.63) is 24.8 Å². The lowest BCUT2D eigenvalue weighted by molar-refractivity contribution is 1.58. The highest BCUT2D eigenvalue weighted by Crippen LogP contribution is 1.81. The van der Waals surface area contributed by atoms with Gasteiger partial charge in [-0.25, -0.2) is 0 Å². The molecule has 0 radical (unpaired) electrons. The quantitative estimate of drug-likeness (QED) is 0.444. The molecular formula is C7H16. The maximum absolute atomic E-state index is 3.56. The molecule has 0 nitrogen and oxygen atoms in total. The van der Waals surface area contributed by atoms with E-state index in [4.69, 9.17) is 0 Å². The molecular weight excluding hydrogens is 84.1 g/mol. The minimum absolute atomic E-state index is 0. The van der Waals surface area contributed by atoms with Crippen molar-refractivity contribution in [2.75, 3.05) is 0 Å². The first-order valence-electron chi connectivity index (χ1n) is 1.55. The number of hydrogen-bond acceptors (Lipinski definition) is 0. The summed E-state index contributed by atoms with van der Waals surface area (Å²) in [5, 5.41) is 0. The zero-order valence-corrected chi connectivity index (χ0v) is 3.49. The molecule has 0 aromatic carbocycles. The zero-order chi connectivity index (χ0) is 4.28. The summed E-state index contributed by atoms with van der Waals surface area (Å²) in [6, 6.07) is 0. The summed E-state index contributed by atoms with van der Waals surface area (Å²) in [6.07, 6.45) is 1.72. The summed E-state index contributed by atoms with van der Waals surface area (Å²) in [6.45, 7) is 8.93. The number of allylic oxidation sites excluding steroid dienone is 2. The van der Waals surface area contributed by atoms with Crippen LogP contribution in [0, 0.1) is 0 Å². The highest BCUT2D eigenvalue weighted by atomic mass is 13.7. The molecule has 7 heavy (non-hydrogen) atoms. The fraction of sp³-hybridized carbons (Fsp3) is 0.429. The smallest absolute Gasteiger partial charge is 0.0404 e. The molecule has 0 aromatic heterocycles. The third-order valence-electron chi connectivity index (χ3n) is 0.348. The lowest BCUT2D eigenvalue weighted by Gasteiger charge is -1.71. The van der Waals surface area contributed by atoms with Gasteiger partial charge >= 0.3 is 0 Å². The molecule has 0 unspecified atom stereocenters. The normalized spacial score (nSPS) is 4.71. The van der Waals surface area contributed by atoms with Crippen molar-refractivity contribution in [2.45, 2.75) is 21.8 Å². The molecule has 0 aliphatic heterocycles. The zero-order valence-electron chi connectivity index (χ0n) is 3.49. The maximum atomic E-state index is 3.56. The predicted octanol–water partition coefficient (Wildman–Crippen LogP) is 3.02. The molecule has 0 fully saturated rings. The van der Waals surface area contributed by atoms with E-state index in [9.17, 15) is 0 Å². The van der Waals surface area contributed by atoms with Crippen LogP contribution in [0.25, 0.3) is 0 Å². The molecule has 0 aromatic rings. The first-order chi connectivity index (χ1) is 2.27. The fourth-order valence-electron chi connectivity index (χ4n) is 0. The average molecular weight is 100 g/mol. The summed E-state index contributed by atoms with van der Waals surface area (Å²) in [7, 11) is 0. The van der Waals surface area contributed by atoms with Crippen LogP contribution in [-0.4, -0.2) is 0 Å². The van der Waals surface area contributed by atoms with Gasteiger partial charge in [0.15, 0.2) is 0 Å². The molecule has 44 valence electrons. The van der Waals surface area contributed by atoms with E-state index in [-0.39, 0.29) is 14.9 Å². The van der Waals surface area contributed by atoms with E-state index in [2.05, 4.69) is 13.2 Å². The van der Waals surface area contributed by atoms with Crippen LogP contribution in [0.1, 0.15) is 21.8 Å². The molecule has 0 spiro atoms. The predicted molar refractivity (Wildman–Crippen MR) is 38.5 cm³/mol. The minimum atomic E-state index is 0. The Morgan fingerprint density at radius 2 is 1.57 bits per heavy atom. The first kappa shape index (κ1) is 16.1. The summed E-state index contributed by atoms with van der Waals surface area (Å²) in [5.74, 6) is 0. The van der Waals surface area contributed by atoms with Gasteiger partial charge in [-0.3, -0.25) is 0 Å². The lowest BCUT2D eigenvalue weighted by atomic mass is 10.4. The monoisotopic (exact) mass is 100 g/mol. The second-order valence-electron chi connectivity index (χ2n) is 1.05. The highest BCUT2D eigenvalue weighted by Gasteiger charge is 1.59. The van der Waals surface area contributed by atoms with Gasteiger partial charge in [-0.1, -0.05) is 39.7 Å². The Labute approximate surface area is 47.6 Å². The Bertz CT molecular complexity index is 51.1. The molecule has 0 N–H and O–H groups in total. The Balaban J connectivity index is -0.0000000800. The third kappa shape index (κ3) is 30.3. The van der Waals surface area contributed by atoms with E-state index >= 15 is 0 Å². The van der Waals surface area contributed by atoms with Gasteiger partial charge in [0.2, 0.25) is 0 Å². The second kappa shape index (κ2) is 9.08. The van der Waals surface area contributed by atoms with Gasteiger partial charge in [-0.05, 0) is 6.92 Å². The molecule has 0 rings (SSSR count). The van der Waals surface area contributed by atoms with E-state index in [1.165, 1.54) is 0 Å². The van der Waals surface area contributed by atoms with E-state index in [0.29, 0.717) is 0 Å². The van der Waals surface area contributed by atoms with Crippen LogP contribution in [0.3, 0.4) is 0 Å². The van der Waals surface area contributed by atoms with Gasteiger partial charge in [-0.15, -0.1) is 0 Å². The van der Waals surface area contributed by atoms with Crippen molar-refractivity contribution >= 4 is 0 Å². The highest BCUT2D eigenvalue weighted by molar-refractivity contribution is 5.05. The van der Waals surface area contributed by atoms with Gasteiger partial charge in [0.1, 0.15) is 0 Å². The Morgan fingerprint density at radius 1 is 1.43 bits per heavy atom. The molecule has 0 saturated heterocycles. The second-order valence-corrected chi connectivity index (χ2v) is 1.05. The van der Waals surface area contributed by atoms with Gasteiger partial charge in [0.05, 0.1) is 0 Å². The fourth-order valence-corrected chi connectivity index (χ4v) is 0. The third-order valence-corrected chi connectivity index (χ3v) is 0.348. The van der Waals surface area contributed by atoms with E-state index in [1.54, 1.807) is 6.08 Å². The molecule has 0 heteroatoms. The van der Waals surface area contributed by atoms with Gasteiger partial charge in [-0.2, -0.15) is 0 Å². The molecule has 0 heterocycles. The summed E-state index contributed by atoms with van der Waals surface area (Å²) < 4.78 is 0. The van der Waals surface area contributed by atoms with Crippen molar-refractivity contribution in [1.82, 2.24) is 0 Å². The Hall–Kier alpha value is -0.520. The van der Waals surface area contributed by atoms with Crippen LogP contribution < -0.4 is 0 Å². The van der Waals surface area contributed by atoms with Crippen LogP contribution in [0.5, 0.6) is 0 Å². The summed E-state index contributed by atoms with van der Waals surface area (Å²) in [5.41, 5.74) is 1.02. The topological polar surface area (TPSA) is 0 Å². The van der Waals surface area contributed by atoms with Crippen LogP contribution >= 0.6 is 0 Å². The number of hydrogen-bond donors (Lipinski definition) is 0. The van der Waals surface area contributed by atoms with E-state index in [0.717, 1.165) is 5.57 Å². The molecule has 0 saturated carbocycles. The SMILES string of the molecule is C.C.C=CC(=C)C. The van der Waals surface area contributed by atoms with Crippen LogP contribution in [-0.2, 0) is 0 Å². The van der Waals surface area contributed by atoms with Gasteiger partial charge < -0.3 is 0 Å². The first-order valence-corrected chi connectivity index (χ1v) is 1.55. The van der Waals surface area contributed by atoms with Crippen molar-refractivity contribution in [2.24, 2.45) is 0 Å². The molecule has 0 aliphatic rings. The van der Waals surface area contributed by atoms with Crippen LogP contribution in [0.2, 0.25) is 0 Å². The van der Waals surface area contributed by atoms with Crippen LogP contribution in [0.15, 0.2) is 24.8 Å². The van der Waals surface area contributed by atoms with Gasteiger partial charge in [0, 0.05) is 0 Å². The standard InChI is InChI=1S/C5H8.2CH4/c1-4-5(2)3;;/h4H,1-2H2,3H3;2*1H4. The molecule has 0 bridgehead atoms. The molecule has 0 aliphatic carbocycles. The number of rotatable bonds is 1. The molecule has 0 amide bonds. The van der Waals surface area contributed by atoms with Crippen molar-refractivity contribution < 1.29 is 0 Å². The lowest BCUT2D eigenvalue weighted by Crippen LogP contribution is -1.50. The molecule has 0 atom stereocenters. The van der Waals surface area contributed by atoms with Crippen molar-refractivity contribution in [3.63, 3.8) is 0 Å². The Morgan fingerprint density at radius 3 is 1.57 bits per heavy atom. The van der Waals surface area contributed by atoms with Crippen LogP contribution in [0.4, 0.5) is 0 Å². The van der Waals surface area contributed by atoms with E-state index < -0.39 is 0 Å². The van der Waals surface area contributed by atoms with Crippen molar-refractivity contribution in [1.29, 1.82) is 0 Å². The largest absolute Gasteiger partial charge is 0.0988 e. The van der Waals surface area contributed by atoms with E-state index in [1.807, 2.05) is 6.92 Å². The minimum Gasteiger partial charge on any atom is -0.0988 e. The Kier molecular flexibility index (Phi) is 20.8. The van der Waals surface area contributed by atoms with Gasteiger partial charge in [0.25, 0.3) is 0 Å². The average Bonchev–Trinajstić information content (AvgIpc) is 1.38. The summed E-state index contributed by atoms with van der Waals surface area (Å²) >= 11 is 0. The summed E-state index contributed by atoms with van der Waals surface area (Å²) in [4.78, 5) is 0. The van der Waals surface area contributed by atoms with Crippen molar-refractivity contribution in [3.8, 4) is 0 Å². The maximum Gasteiger partial charge on any atom is -0.0404 e.